The summed E-state index contributed by atoms with van der Waals surface area (Å²) in [4.78, 5) is 10.2. The number of hydrogen-bond donors (Lipinski definition) is 0. The Morgan fingerprint density at radius 1 is 1.47 bits per heavy atom. The van der Waals surface area contributed by atoms with Gasteiger partial charge in [-0.05, 0) is 46.7 Å². The molecule has 0 fully saturated rings. The van der Waals surface area contributed by atoms with Crippen LogP contribution in [-0.2, 0) is 11.2 Å². The largest absolute Gasteiger partial charge is 0.435 e. The fourth-order valence-electron chi connectivity index (χ4n) is 1.16. The van der Waals surface area contributed by atoms with Gasteiger partial charge in [-0.1, -0.05) is 6.07 Å². The second-order valence-electron chi connectivity index (χ2n) is 2.84. The van der Waals surface area contributed by atoms with Gasteiger partial charge in [-0.2, -0.15) is 8.78 Å². The van der Waals surface area contributed by atoms with Gasteiger partial charge in [0.05, 0.1) is 0 Å². The first kappa shape index (κ1) is 12.4. The molecule has 1 aromatic rings. The highest BCUT2D eigenvalue weighted by molar-refractivity contribution is 14.1. The molecule has 0 heterocycles. The van der Waals surface area contributed by atoms with E-state index in [1.807, 2.05) is 22.6 Å². The normalized spacial score (nSPS) is 10.4. The molecule has 0 radical (unpaired) electrons. The first-order chi connectivity index (χ1) is 7.13. The van der Waals surface area contributed by atoms with E-state index in [2.05, 4.69) is 4.74 Å². The lowest BCUT2D eigenvalue weighted by atomic mass is 10.1. The van der Waals surface area contributed by atoms with E-state index in [0.717, 1.165) is 9.86 Å². The molecule has 0 unspecified atom stereocenters. The van der Waals surface area contributed by atoms with Gasteiger partial charge in [-0.3, -0.25) is 0 Å². The van der Waals surface area contributed by atoms with Crippen molar-refractivity contribution in [3.8, 4) is 5.75 Å². The van der Waals surface area contributed by atoms with E-state index in [1.165, 1.54) is 6.07 Å². The van der Waals surface area contributed by atoms with E-state index in [9.17, 15) is 13.6 Å². The van der Waals surface area contributed by atoms with E-state index >= 15 is 0 Å². The summed E-state index contributed by atoms with van der Waals surface area (Å²) in [6.07, 6.45) is 1.48. The quantitative estimate of drug-likeness (QED) is 0.614. The first-order valence-electron chi connectivity index (χ1n) is 4.30. The molecule has 0 aromatic heterocycles. The summed E-state index contributed by atoms with van der Waals surface area (Å²) >= 11 is 2.01. The average Bonchev–Trinajstić information content (AvgIpc) is 2.16. The number of aryl methyl sites for hydroxylation is 1. The third-order valence-electron chi connectivity index (χ3n) is 1.78. The third kappa shape index (κ3) is 4.11. The second kappa shape index (κ2) is 5.99. The van der Waals surface area contributed by atoms with Crippen molar-refractivity contribution in [3.63, 3.8) is 0 Å². The van der Waals surface area contributed by atoms with Crippen LogP contribution >= 0.6 is 22.6 Å². The number of carbonyl (C=O) groups is 1. The minimum absolute atomic E-state index is 0.152. The number of alkyl halides is 2. The topological polar surface area (TPSA) is 26.3 Å². The van der Waals surface area contributed by atoms with Crippen molar-refractivity contribution >= 4 is 28.9 Å². The highest BCUT2D eigenvalue weighted by Gasteiger charge is 2.09. The van der Waals surface area contributed by atoms with Crippen molar-refractivity contribution < 1.29 is 18.3 Å². The lowest BCUT2D eigenvalue weighted by Crippen LogP contribution is -2.05. The summed E-state index contributed by atoms with van der Waals surface area (Å²) in [6.45, 7) is -2.84. The SMILES string of the molecule is O=CCCc1ccc(I)cc1OC(F)F. The lowest BCUT2D eigenvalue weighted by Gasteiger charge is -2.10. The summed E-state index contributed by atoms with van der Waals surface area (Å²) < 4.78 is 29.3. The molecule has 0 bridgehead atoms. The summed E-state index contributed by atoms with van der Waals surface area (Å²) in [6, 6.07) is 5.02. The Bertz CT molecular complexity index is 342. The Morgan fingerprint density at radius 2 is 2.20 bits per heavy atom. The molecule has 15 heavy (non-hydrogen) atoms. The fourth-order valence-corrected chi connectivity index (χ4v) is 1.62. The monoisotopic (exact) mass is 326 g/mol. The van der Waals surface area contributed by atoms with Gasteiger partial charge in [0.25, 0.3) is 0 Å². The molecule has 0 saturated heterocycles. The van der Waals surface area contributed by atoms with Crippen molar-refractivity contribution in [2.24, 2.45) is 0 Å². The van der Waals surface area contributed by atoms with Crippen LogP contribution in [0.5, 0.6) is 5.75 Å². The molecule has 5 heteroatoms. The van der Waals surface area contributed by atoms with E-state index in [4.69, 9.17) is 0 Å². The summed E-state index contributed by atoms with van der Waals surface area (Å²) in [7, 11) is 0. The number of rotatable bonds is 5. The molecule has 1 rings (SSSR count). The number of halogens is 3. The molecule has 82 valence electrons. The Morgan fingerprint density at radius 3 is 2.80 bits per heavy atom. The van der Waals surface area contributed by atoms with Crippen molar-refractivity contribution in [1.82, 2.24) is 0 Å². The molecule has 0 spiro atoms. The Labute approximate surface area is 99.8 Å². The van der Waals surface area contributed by atoms with Crippen LogP contribution in [0.3, 0.4) is 0 Å². The molecule has 1 aromatic carbocycles. The van der Waals surface area contributed by atoms with Crippen LogP contribution in [-0.4, -0.2) is 12.9 Å². The number of ether oxygens (including phenoxy) is 1. The van der Waals surface area contributed by atoms with Gasteiger partial charge in [0.2, 0.25) is 0 Å². The molecule has 0 N–H and O–H groups in total. The van der Waals surface area contributed by atoms with Crippen LogP contribution in [0.4, 0.5) is 8.78 Å². The van der Waals surface area contributed by atoms with Gasteiger partial charge in [-0.25, -0.2) is 0 Å². The summed E-state index contributed by atoms with van der Waals surface area (Å²) in [5, 5.41) is 0. The molecular formula is C10H9F2IO2. The van der Waals surface area contributed by atoms with E-state index in [-0.39, 0.29) is 5.75 Å². The van der Waals surface area contributed by atoms with Crippen LogP contribution in [0.1, 0.15) is 12.0 Å². The minimum Gasteiger partial charge on any atom is -0.435 e. The molecule has 0 aliphatic carbocycles. The molecule has 0 aliphatic heterocycles. The number of benzene rings is 1. The maximum Gasteiger partial charge on any atom is 0.387 e. The van der Waals surface area contributed by atoms with Gasteiger partial charge < -0.3 is 9.53 Å². The number of hydrogen-bond acceptors (Lipinski definition) is 2. The Hall–Kier alpha value is -0.720. The molecule has 0 amide bonds. The standard InChI is InChI=1S/C10H9F2IO2/c11-10(12)15-9-6-8(13)4-3-7(9)2-1-5-14/h3-6,10H,1-2H2. The van der Waals surface area contributed by atoms with E-state index in [0.29, 0.717) is 18.4 Å². The van der Waals surface area contributed by atoms with Crippen molar-refractivity contribution in [1.29, 1.82) is 0 Å². The predicted molar refractivity (Wildman–Crippen MR) is 60.2 cm³/mol. The minimum atomic E-state index is -2.84. The van der Waals surface area contributed by atoms with Crippen LogP contribution in [0, 0.1) is 3.57 Å². The predicted octanol–water partition coefficient (Wildman–Crippen LogP) is 3.02. The van der Waals surface area contributed by atoms with E-state index in [1.54, 1.807) is 12.1 Å². The first-order valence-corrected chi connectivity index (χ1v) is 5.38. The summed E-state index contributed by atoms with van der Waals surface area (Å²) in [5.74, 6) is 0.152. The molecule has 2 nitrogen and oxygen atoms in total. The van der Waals surface area contributed by atoms with Crippen LogP contribution < -0.4 is 4.74 Å². The van der Waals surface area contributed by atoms with Crippen molar-refractivity contribution in [2.75, 3.05) is 0 Å². The van der Waals surface area contributed by atoms with Crippen LogP contribution in [0.2, 0.25) is 0 Å². The third-order valence-corrected chi connectivity index (χ3v) is 2.45. The zero-order chi connectivity index (χ0) is 11.3. The van der Waals surface area contributed by atoms with Gasteiger partial charge >= 0.3 is 6.61 Å². The molecule has 0 atom stereocenters. The zero-order valence-corrected chi connectivity index (χ0v) is 9.91. The number of carbonyl (C=O) groups excluding carboxylic acids is 1. The molecular weight excluding hydrogens is 317 g/mol. The number of aldehydes is 1. The average molecular weight is 326 g/mol. The highest BCUT2D eigenvalue weighted by Crippen LogP contribution is 2.24. The van der Waals surface area contributed by atoms with Crippen molar-refractivity contribution in [2.45, 2.75) is 19.5 Å². The van der Waals surface area contributed by atoms with Gasteiger partial charge in [0.15, 0.2) is 0 Å². The summed E-state index contributed by atoms with van der Waals surface area (Å²) in [5.41, 5.74) is 0.628. The fraction of sp³-hybridized carbons (Fsp3) is 0.300. The lowest BCUT2D eigenvalue weighted by molar-refractivity contribution is -0.107. The van der Waals surface area contributed by atoms with Gasteiger partial charge in [0.1, 0.15) is 12.0 Å². The van der Waals surface area contributed by atoms with Gasteiger partial charge in [-0.15, -0.1) is 0 Å². The van der Waals surface area contributed by atoms with Crippen LogP contribution in [0.25, 0.3) is 0 Å². The van der Waals surface area contributed by atoms with E-state index < -0.39 is 6.61 Å². The maximum absolute atomic E-state index is 12.1. The molecule has 0 aliphatic rings. The van der Waals surface area contributed by atoms with Crippen molar-refractivity contribution in [3.05, 3.63) is 27.3 Å². The highest BCUT2D eigenvalue weighted by atomic mass is 127. The maximum atomic E-state index is 12.1. The zero-order valence-electron chi connectivity index (χ0n) is 7.75. The second-order valence-corrected chi connectivity index (χ2v) is 4.08. The smallest absolute Gasteiger partial charge is 0.387 e. The Balaban J connectivity index is 2.86. The van der Waals surface area contributed by atoms with Crippen LogP contribution in [0.15, 0.2) is 18.2 Å². The Kier molecular flexibility index (Phi) is 4.93. The van der Waals surface area contributed by atoms with Gasteiger partial charge in [0, 0.05) is 9.99 Å². The molecule has 0 saturated carbocycles.